The number of nitrogens with zero attached hydrogens (tertiary/aromatic N) is 8. The number of tetrazole rings is 1. The third kappa shape index (κ3) is 5.18. The number of aryl methyl sites for hydroxylation is 3. The zero-order valence-corrected chi connectivity index (χ0v) is 19.3. The molecule has 0 saturated heterocycles. The predicted molar refractivity (Wildman–Crippen MR) is 119 cm³/mol. The van der Waals surface area contributed by atoms with Crippen molar-refractivity contribution in [2.24, 2.45) is 13.0 Å². The molecule has 3 heterocycles. The lowest BCUT2D eigenvalue weighted by Gasteiger charge is -2.27. The van der Waals surface area contributed by atoms with Gasteiger partial charge in [0.2, 0.25) is 0 Å². The van der Waals surface area contributed by atoms with E-state index in [1.165, 1.54) is 0 Å². The van der Waals surface area contributed by atoms with Crippen LogP contribution in [0.25, 0.3) is 11.4 Å². The molecule has 3 aromatic rings. The molecule has 11 heteroatoms. The van der Waals surface area contributed by atoms with Gasteiger partial charge in [0.1, 0.15) is 11.4 Å². The first-order valence-electron chi connectivity index (χ1n) is 11.5. The van der Waals surface area contributed by atoms with Crippen LogP contribution < -0.4 is 4.74 Å². The minimum atomic E-state index is -0.746. The van der Waals surface area contributed by atoms with Gasteiger partial charge in [-0.15, -0.1) is 10.2 Å². The first-order chi connectivity index (χ1) is 16.0. The fourth-order valence-electron chi connectivity index (χ4n) is 4.22. The lowest BCUT2D eigenvalue weighted by molar-refractivity contribution is -0.143. The Morgan fingerprint density at radius 1 is 1.24 bits per heavy atom. The first kappa shape index (κ1) is 22.8. The number of carboxylic acid groups (broad SMARTS) is 1. The molecule has 11 nitrogen and oxygen atoms in total. The van der Waals surface area contributed by atoms with Crippen LogP contribution in [0.15, 0.2) is 12.1 Å². The van der Waals surface area contributed by atoms with Crippen molar-refractivity contribution in [2.75, 3.05) is 0 Å². The third-order valence-electron chi connectivity index (χ3n) is 6.15. The highest BCUT2D eigenvalue weighted by atomic mass is 16.5. The van der Waals surface area contributed by atoms with E-state index >= 15 is 0 Å². The SMILES string of the molecule is CCCCc1nnnn1Cc1c(-c2ccc(O[C@H]3CCC[C@H](C(=O)O)C3)c(C)n2)nnn1C. The van der Waals surface area contributed by atoms with Gasteiger partial charge in [0, 0.05) is 13.5 Å². The number of unbranched alkanes of at least 4 members (excludes halogenated alkanes) is 1. The van der Waals surface area contributed by atoms with Crippen LogP contribution in [0, 0.1) is 12.8 Å². The highest BCUT2D eigenvalue weighted by Crippen LogP contribution is 2.30. The number of aromatic nitrogens is 8. The van der Waals surface area contributed by atoms with Gasteiger partial charge in [-0.2, -0.15) is 0 Å². The Morgan fingerprint density at radius 2 is 2.09 bits per heavy atom. The number of aliphatic carboxylic acids is 1. The van der Waals surface area contributed by atoms with E-state index in [0.29, 0.717) is 36.5 Å². The van der Waals surface area contributed by atoms with Crippen molar-refractivity contribution in [1.29, 1.82) is 0 Å². The molecule has 1 aliphatic carbocycles. The fraction of sp³-hybridized carbons (Fsp3) is 0.591. The predicted octanol–water partition coefficient (Wildman–Crippen LogP) is 2.59. The normalized spacial score (nSPS) is 18.4. The van der Waals surface area contributed by atoms with Crippen molar-refractivity contribution in [3.8, 4) is 17.1 Å². The van der Waals surface area contributed by atoms with E-state index in [4.69, 9.17) is 9.72 Å². The van der Waals surface area contributed by atoms with Crippen LogP contribution in [-0.2, 0) is 24.8 Å². The van der Waals surface area contributed by atoms with Gasteiger partial charge in [0.15, 0.2) is 5.82 Å². The topological polar surface area (TPSA) is 134 Å². The molecule has 176 valence electrons. The van der Waals surface area contributed by atoms with Gasteiger partial charge < -0.3 is 9.84 Å². The number of ether oxygens (including phenoxy) is 1. The summed E-state index contributed by atoms with van der Waals surface area (Å²) in [5.41, 5.74) is 2.95. The van der Waals surface area contributed by atoms with Gasteiger partial charge >= 0.3 is 5.97 Å². The van der Waals surface area contributed by atoms with Crippen molar-refractivity contribution in [1.82, 2.24) is 40.2 Å². The smallest absolute Gasteiger partial charge is 0.306 e. The summed E-state index contributed by atoms with van der Waals surface area (Å²) < 4.78 is 9.63. The molecule has 0 radical (unpaired) electrons. The Kier molecular flexibility index (Phi) is 6.95. The standard InChI is InChI=1S/C22H30N8O3/c1-4-5-9-20-24-26-28-30(20)13-18-21(25-27-29(18)3)17-10-11-19(14(2)23-17)33-16-8-6-7-15(12-16)22(31)32/h10-11,15-16H,4-9,12-13H2,1-3H3,(H,31,32)/t15-,16-/m0/s1. The van der Waals surface area contributed by atoms with Gasteiger partial charge in [-0.1, -0.05) is 18.6 Å². The molecule has 0 bridgehead atoms. The van der Waals surface area contributed by atoms with Crippen LogP contribution in [0.5, 0.6) is 5.75 Å². The summed E-state index contributed by atoms with van der Waals surface area (Å²) in [4.78, 5) is 16.1. The Labute approximate surface area is 192 Å². The Bertz CT molecular complexity index is 1110. The number of hydrogen-bond acceptors (Lipinski definition) is 8. The van der Waals surface area contributed by atoms with Crippen molar-refractivity contribution >= 4 is 5.97 Å². The van der Waals surface area contributed by atoms with Crippen molar-refractivity contribution in [3.63, 3.8) is 0 Å². The van der Waals surface area contributed by atoms with Crippen LogP contribution in [-0.4, -0.2) is 57.4 Å². The molecule has 4 rings (SSSR count). The van der Waals surface area contributed by atoms with Gasteiger partial charge in [-0.05, 0) is 61.6 Å². The molecule has 0 unspecified atom stereocenters. The van der Waals surface area contributed by atoms with Gasteiger partial charge in [-0.3, -0.25) is 4.79 Å². The number of carbonyl (C=O) groups is 1. The molecular formula is C22H30N8O3. The second-order valence-corrected chi connectivity index (χ2v) is 8.59. The van der Waals surface area contributed by atoms with E-state index in [1.807, 2.05) is 26.1 Å². The molecule has 1 N–H and O–H groups in total. The molecule has 0 aliphatic heterocycles. The number of carboxylic acids is 1. The third-order valence-corrected chi connectivity index (χ3v) is 6.15. The summed E-state index contributed by atoms with van der Waals surface area (Å²) in [6, 6.07) is 3.75. The second kappa shape index (κ2) is 10.1. The van der Waals surface area contributed by atoms with Crippen molar-refractivity contribution in [3.05, 3.63) is 29.3 Å². The second-order valence-electron chi connectivity index (χ2n) is 8.59. The molecule has 1 saturated carbocycles. The highest BCUT2D eigenvalue weighted by molar-refractivity contribution is 5.70. The van der Waals surface area contributed by atoms with E-state index in [-0.39, 0.29) is 12.0 Å². The van der Waals surface area contributed by atoms with Gasteiger partial charge in [0.05, 0.1) is 35.6 Å². The van der Waals surface area contributed by atoms with Crippen LogP contribution in [0.4, 0.5) is 0 Å². The lowest BCUT2D eigenvalue weighted by Crippen LogP contribution is -2.29. The maximum Gasteiger partial charge on any atom is 0.306 e. The van der Waals surface area contributed by atoms with E-state index in [1.54, 1.807) is 9.36 Å². The molecule has 0 spiro atoms. The summed E-state index contributed by atoms with van der Waals surface area (Å²) in [5.74, 6) is 0.419. The largest absolute Gasteiger partial charge is 0.489 e. The number of rotatable bonds is 9. The van der Waals surface area contributed by atoms with Crippen molar-refractivity contribution < 1.29 is 14.6 Å². The lowest BCUT2D eigenvalue weighted by atomic mass is 9.87. The average molecular weight is 455 g/mol. The number of pyridine rings is 1. The van der Waals surface area contributed by atoms with Crippen LogP contribution in [0.1, 0.15) is 62.7 Å². The Morgan fingerprint density at radius 3 is 2.85 bits per heavy atom. The highest BCUT2D eigenvalue weighted by Gasteiger charge is 2.28. The molecule has 0 aromatic carbocycles. The molecule has 3 aromatic heterocycles. The Balaban J connectivity index is 1.52. The molecular weight excluding hydrogens is 424 g/mol. The molecule has 0 amide bonds. The summed E-state index contributed by atoms with van der Waals surface area (Å²) in [5, 5.41) is 30.0. The summed E-state index contributed by atoms with van der Waals surface area (Å²) >= 11 is 0. The van der Waals surface area contributed by atoms with Gasteiger partial charge in [-0.25, -0.2) is 14.3 Å². The minimum absolute atomic E-state index is 0.111. The summed E-state index contributed by atoms with van der Waals surface area (Å²) in [7, 11) is 1.84. The van der Waals surface area contributed by atoms with Crippen LogP contribution >= 0.6 is 0 Å². The maximum atomic E-state index is 11.3. The van der Waals surface area contributed by atoms with E-state index in [9.17, 15) is 9.90 Å². The zero-order valence-electron chi connectivity index (χ0n) is 19.3. The molecule has 1 aliphatic rings. The quantitative estimate of drug-likeness (QED) is 0.517. The van der Waals surface area contributed by atoms with Gasteiger partial charge in [0.25, 0.3) is 0 Å². The minimum Gasteiger partial charge on any atom is -0.489 e. The summed E-state index contributed by atoms with van der Waals surface area (Å²) in [6.45, 7) is 4.47. The van der Waals surface area contributed by atoms with Crippen LogP contribution in [0.2, 0.25) is 0 Å². The first-order valence-corrected chi connectivity index (χ1v) is 11.5. The maximum absolute atomic E-state index is 11.3. The molecule has 2 atom stereocenters. The molecule has 33 heavy (non-hydrogen) atoms. The molecule has 1 fully saturated rings. The Hall–Kier alpha value is -3.37. The van der Waals surface area contributed by atoms with E-state index < -0.39 is 5.97 Å². The van der Waals surface area contributed by atoms with E-state index in [2.05, 4.69) is 32.8 Å². The summed E-state index contributed by atoms with van der Waals surface area (Å²) in [6.07, 6.45) is 5.74. The fourth-order valence-corrected chi connectivity index (χ4v) is 4.22. The average Bonchev–Trinajstić information content (AvgIpc) is 3.40. The monoisotopic (exact) mass is 454 g/mol. The van der Waals surface area contributed by atoms with Crippen LogP contribution in [0.3, 0.4) is 0 Å². The van der Waals surface area contributed by atoms with E-state index in [0.717, 1.165) is 49.3 Å². The zero-order chi connectivity index (χ0) is 23.4. The van der Waals surface area contributed by atoms with Crippen molar-refractivity contribution in [2.45, 2.75) is 71.4 Å². The number of hydrogen-bond donors (Lipinski definition) is 1.